The lowest BCUT2D eigenvalue weighted by Crippen LogP contribution is -2.48. The predicted molar refractivity (Wildman–Crippen MR) is 132 cm³/mol. The molecule has 10 nitrogen and oxygen atoms in total. The highest BCUT2D eigenvalue weighted by molar-refractivity contribution is 5.96. The molecule has 1 amide bonds. The van der Waals surface area contributed by atoms with Gasteiger partial charge in [0.1, 0.15) is 11.9 Å². The minimum absolute atomic E-state index is 0.00788. The zero-order valence-corrected chi connectivity index (χ0v) is 21.6. The van der Waals surface area contributed by atoms with Crippen LogP contribution in [0.4, 0.5) is 0 Å². The van der Waals surface area contributed by atoms with Gasteiger partial charge >= 0.3 is 5.97 Å². The number of esters is 1. The fourth-order valence-corrected chi connectivity index (χ4v) is 3.50. The molecule has 0 aliphatic heterocycles. The van der Waals surface area contributed by atoms with Crippen molar-refractivity contribution in [2.75, 3.05) is 13.9 Å². The molecular weight excluding hydrogens is 468 g/mol. The molecule has 10 heteroatoms. The smallest absolute Gasteiger partial charge is 0.305 e. The summed E-state index contributed by atoms with van der Waals surface area (Å²) in [4.78, 5) is 28.2. The van der Waals surface area contributed by atoms with Crippen molar-refractivity contribution >= 4 is 11.9 Å². The molecule has 1 aromatic carbocycles. The maximum atomic E-state index is 13.1. The normalized spacial score (nSPS) is 14.3. The average molecular weight is 505 g/mol. The summed E-state index contributed by atoms with van der Waals surface area (Å²) < 4.78 is 27.5. The van der Waals surface area contributed by atoms with Gasteiger partial charge in [0.05, 0.1) is 19.3 Å². The molecule has 1 unspecified atom stereocenters. The van der Waals surface area contributed by atoms with E-state index >= 15 is 0 Å². The number of nitrogens with zero attached hydrogens (tertiary/aromatic N) is 1. The number of amides is 1. The molecule has 0 saturated carbocycles. The van der Waals surface area contributed by atoms with E-state index in [0.29, 0.717) is 12.2 Å². The van der Waals surface area contributed by atoms with Crippen molar-refractivity contribution in [3.8, 4) is 17.2 Å². The lowest BCUT2D eigenvalue weighted by atomic mass is 10.0. The standard InChI is InChI=1S/C26H36N2O8/c1-7-20(26(31)35-17(4)23(16(2)3)36-19-11-9-8-10-12-19)28-25(30)22-24(34-15-33-18(5)29)21(32-6)13-14-27-22/h8-14,16-17,20,23,26,31H,7,15H2,1-6H3,(H,28,30)/t17-,20-,23+,26?/m0/s1. The first kappa shape index (κ1) is 28.9. The molecule has 0 spiro atoms. The molecule has 1 heterocycles. The molecule has 0 radical (unpaired) electrons. The summed E-state index contributed by atoms with van der Waals surface area (Å²) >= 11 is 0. The number of aromatic nitrogens is 1. The predicted octanol–water partition coefficient (Wildman–Crippen LogP) is 3.33. The Labute approximate surface area is 211 Å². The number of nitrogens with one attached hydrogen (secondary N) is 1. The zero-order valence-electron chi connectivity index (χ0n) is 21.6. The van der Waals surface area contributed by atoms with Crippen LogP contribution in [0.25, 0.3) is 0 Å². The number of aliphatic hydroxyl groups is 1. The molecule has 0 aliphatic carbocycles. The molecule has 0 fully saturated rings. The number of carbonyl (C=O) groups excluding carboxylic acids is 2. The summed E-state index contributed by atoms with van der Waals surface area (Å²) in [6, 6.07) is 10.1. The number of carbonyl (C=O) groups is 2. The number of ether oxygens (including phenoxy) is 5. The van der Waals surface area contributed by atoms with E-state index < -0.39 is 37.1 Å². The van der Waals surface area contributed by atoms with Crippen LogP contribution in [0.5, 0.6) is 17.2 Å². The first-order chi connectivity index (χ1) is 17.2. The Morgan fingerprint density at radius 2 is 1.81 bits per heavy atom. The first-order valence-corrected chi connectivity index (χ1v) is 11.8. The van der Waals surface area contributed by atoms with Crippen LogP contribution >= 0.6 is 0 Å². The number of pyridine rings is 1. The van der Waals surface area contributed by atoms with Crippen molar-refractivity contribution in [2.45, 2.75) is 65.6 Å². The maximum Gasteiger partial charge on any atom is 0.305 e. The van der Waals surface area contributed by atoms with Gasteiger partial charge in [0, 0.05) is 19.2 Å². The largest absolute Gasteiger partial charge is 0.493 e. The second kappa shape index (κ2) is 14.3. The summed E-state index contributed by atoms with van der Waals surface area (Å²) in [6.07, 6.45) is -0.374. The van der Waals surface area contributed by atoms with Crippen LogP contribution in [0.2, 0.25) is 0 Å². The molecule has 2 rings (SSSR count). The van der Waals surface area contributed by atoms with Crippen LogP contribution in [0.15, 0.2) is 42.6 Å². The van der Waals surface area contributed by atoms with Crippen LogP contribution < -0.4 is 19.5 Å². The Kier molecular flexibility index (Phi) is 11.4. The third-order valence-corrected chi connectivity index (χ3v) is 5.36. The highest BCUT2D eigenvalue weighted by Crippen LogP contribution is 2.30. The zero-order chi connectivity index (χ0) is 26.7. The van der Waals surface area contributed by atoms with Gasteiger partial charge in [-0.25, -0.2) is 4.98 Å². The Morgan fingerprint density at radius 1 is 1.11 bits per heavy atom. The van der Waals surface area contributed by atoms with Gasteiger partial charge in [0.2, 0.25) is 6.79 Å². The van der Waals surface area contributed by atoms with Gasteiger partial charge in [-0.2, -0.15) is 0 Å². The van der Waals surface area contributed by atoms with Gasteiger partial charge in [0.25, 0.3) is 5.91 Å². The van der Waals surface area contributed by atoms with Gasteiger partial charge in [0.15, 0.2) is 23.5 Å². The number of benzene rings is 1. The molecular formula is C26H36N2O8. The molecule has 198 valence electrons. The lowest BCUT2D eigenvalue weighted by molar-refractivity contribution is -0.173. The molecule has 36 heavy (non-hydrogen) atoms. The number of methoxy groups -OCH3 is 1. The Balaban J connectivity index is 2.11. The Morgan fingerprint density at radius 3 is 2.39 bits per heavy atom. The van der Waals surface area contributed by atoms with Crippen LogP contribution in [-0.4, -0.2) is 60.4 Å². The van der Waals surface area contributed by atoms with Crippen molar-refractivity contribution in [3.05, 3.63) is 48.3 Å². The first-order valence-electron chi connectivity index (χ1n) is 11.8. The van der Waals surface area contributed by atoms with Crippen LogP contribution in [0.3, 0.4) is 0 Å². The Bertz CT molecular complexity index is 970. The topological polar surface area (TPSA) is 125 Å². The van der Waals surface area contributed by atoms with Gasteiger partial charge in [-0.1, -0.05) is 39.0 Å². The number of rotatable bonds is 14. The molecule has 4 atom stereocenters. The van der Waals surface area contributed by atoms with Crippen LogP contribution in [0.1, 0.15) is 51.5 Å². The van der Waals surface area contributed by atoms with Gasteiger partial charge in [-0.3, -0.25) is 9.59 Å². The molecule has 2 N–H and O–H groups in total. The fourth-order valence-electron chi connectivity index (χ4n) is 3.50. The summed E-state index contributed by atoms with van der Waals surface area (Å²) in [5, 5.41) is 13.6. The third kappa shape index (κ3) is 8.39. The summed E-state index contributed by atoms with van der Waals surface area (Å²) in [5.74, 6) is -0.117. The van der Waals surface area contributed by atoms with Crippen molar-refractivity contribution in [3.63, 3.8) is 0 Å². The maximum absolute atomic E-state index is 13.1. The number of hydrogen-bond donors (Lipinski definition) is 2. The van der Waals surface area contributed by atoms with Crippen molar-refractivity contribution in [1.29, 1.82) is 0 Å². The van der Waals surface area contributed by atoms with Gasteiger partial charge < -0.3 is 34.1 Å². The molecule has 0 bridgehead atoms. The van der Waals surface area contributed by atoms with E-state index in [1.807, 2.05) is 51.1 Å². The van der Waals surface area contributed by atoms with Crippen molar-refractivity contribution in [2.24, 2.45) is 5.92 Å². The minimum atomic E-state index is -1.31. The third-order valence-electron chi connectivity index (χ3n) is 5.36. The van der Waals surface area contributed by atoms with E-state index in [9.17, 15) is 14.7 Å². The quantitative estimate of drug-likeness (QED) is 0.294. The lowest BCUT2D eigenvalue weighted by Gasteiger charge is -2.32. The molecule has 1 aromatic heterocycles. The second-order valence-electron chi connectivity index (χ2n) is 8.45. The SMILES string of the molecule is CC[C@H](NC(=O)c1nccc(OC)c1OCOC(C)=O)C(O)O[C@@H](C)[C@H](Oc1ccccc1)C(C)C. The summed E-state index contributed by atoms with van der Waals surface area (Å²) in [6.45, 7) is 8.45. The number of para-hydroxylation sites is 1. The van der Waals surface area contributed by atoms with Gasteiger partial charge in [-0.15, -0.1) is 0 Å². The molecule has 0 saturated heterocycles. The van der Waals surface area contributed by atoms with E-state index in [-0.39, 0.29) is 29.2 Å². The van der Waals surface area contributed by atoms with Crippen molar-refractivity contribution < 1.29 is 38.4 Å². The fraction of sp³-hybridized carbons (Fsp3) is 0.500. The molecule has 2 aromatic rings. The summed E-state index contributed by atoms with van der Waals surface area (Å²) in [5.41, 5.74) is -0.0901. The Hall–Kier alpha value is -3.37. The highest BCUT2D eigenvalue weighted by Gasteiger charge is 2.30. The summed E-state index contributed by atoms with van der Waals surface area (Å²) in [7, 11) is 1.41. The minimum Gasteiger partial charge on any atom is -0.493 e. The molecule has 0 aliphatic rings. The highest BCUT2D eigenvalue weighted by atomic mass is 16.7. The van der Waals surface area contributed by atoms with E-state index in [1.165, 1.54) is 26.3 Å². The van der Waals surface area contributed by atoms with Crippen molar-refractivity contribution in [1.82, 2.24) is 10.3 Å². The van der Waals surface area contributed by atoms with Crippen LogP contribution in [-0.2, 0) is 14.3 Å². The van der Waals surface area contributed by atoms with E-state index in [2.05, 4.69) is 10.3 Å². The van der Waals surface area contributed by atoms with E-state index in [1.54, 1.807) is 6.92 Å². The second-order valence-corrected chi connectivity index (χ2v) is 8.45. The monoisotopic (exact) mass is 504 g/mol. The van der Waals surface area contributed by atoms with E-state index in [4.69, 9.17) is 23.7 Å². The average Bonchev–Trinajstić information content (AvgIpc) is 2.85. The van der Waals surface area contributed by atoms with E-state index in [0.717, 1.165) is 0 Å². The van der Waals surface area contributed by atoms with Gasteiger partial charge in [-0.05, 0) is 31.4 Å². The number of hydrogen-bond acceptors (Lipinski definition) is 9. The van der Waals surface area contributed by atoms with Crippen LogP contribution in [0, 0.1) is 5.92 Å². The number of aliphatic hydroxyl groups excluding tert-OH is 1.